The van der Waals surface area contributed by atoms with E-state index in [-0.39, 0.29) is 29.9 Å². The Bertz CT molecular complexity index is 829. The first-order valence-electron chi connectivity index (χ1n) is 9.60. The van der Waals surface area contributed by atoms with E-state index in [1.165, 1.54) is 23.9 Å². The molecule has 2 amide bonds. The van der Waals surface area contributed by atoms with Crippen molar-refractivity contribution in [3.63, 3.8) is 0 Å². The average molecular weight is 417 g/mol. The van der Waals surface area contributed by atoms with Crippen molar-refractivity contribution in [2.24, 2.45) is 0 Å². The van der Waals surface area contributed by atoms with Gasteiger partial charge in [-0.3, -0.25) is 9.59 Å². The molecule has 156 valence electrons. The van der Waals surface area contributed by atoms with Crippen molar-refractivity contribution in [1.82, 2.24) is 10.2 Å². The summed E-state index contributed by atoms with van der Waals surface area (Å²) in [4.78, 5) is 28.3. The van der Waals surface area contributed by atoms with Crippen LogP contribution in [-0.4, -0.2) is 34.0 Å². The van der Waals surface area contributed by atoms with Gasteiger partial charge in [-0.25, -0.2) is 4.39 Å². The normalized spacial score (nSPS) is 12.3. The van der Waals surface area contributed by atoms with E-state index < -0.39 is 11.6 Å². The lowest BCUT2D eigenvalue weighted by Crippen LogP contribution is -2.52. The Morgan fingerprint density at radius 3 is 2.21 bits per heavy atom. The maximum absolute atomic E-state index is 13.2. The van der Waals surface area contributed by atoms with E-state index in [4.69, 9.17) is 0 Å². The van der Waals surface area contributed by atoms with Gasteiger partial charge in [0.25, 0.3) is 0 Å². The lowest BCUT2D eigenvalue weighted by molar-refractivity contribution is -0.139. The van der Waals surface area contributed by atoms with Gasteiger partial charge in [0.2, 0.25) is 11.8 Å². The fraction of sp³-hybridized carbons (Fsp3) is 0.391. The molecule has 0 aliphatic rings. The highest BCUT2D eigenvalue weighted by Gasteiger charge is 2.28. The highest BCUT2D eigenvalue weighted by molar-refractivity contribution is 8.00. The van der Waals surface area contributed by atoms with E-state index in [1.54, 1.807) is 24.0 Å². The highest BCUT2D eigenvalue weighted by Crippen LogP contribution is 2.20. The van der Waals surface area contributed by atoms with Gasteiger partial charge in [0.05, 0.1) is 5.75 Å². The third-order valence-electron chi connectivity index (χ3n) is 4.31. The van der Waals surface area contributed by atoms with Gasteiger partial charge in [-0.2, -0.15) is 0 Å². The number of amides is 2. The molecule has 0 aliphatic carbocycles. The molecule has 0 saturated heterocycles. The molecule has 0 bridgehead atoms. The van der Waals surface area contributed by atoms with Crippen molar-refractivity contribution >= 4 is 23.6 Å². The lowest BCUT2D eigenvalue weighted by atomic mass is 10.1. The van der Waals surface area contributed by atoms with Gasteiger partial charge >= 0.3 is 0 Å². The molecule has 0 aromatic heterocycles. The zero-order chi connectivity index (χ0) is 21.6. The zero-order valence-corrected chi connectivity index (χ0v) is 18.5. The topological polar surface area (TPSA) is 49.4 Å². The molecule has 1 N–H and O–H groups in total. The molecule has 0 aliphatic heterocycles. The summed E-state index contributed by atoms with van der Waals surface area (Å²) < 4.78 is 13.2. The van der Waals surface area contributed by atoms with E-state index in [2.05, 4.69) is 5.32 Å². The van der Waals surface area contributed by atoms with Crippen LogP contribution in [-0.2, 0) is 16.1 Å². The third-order valence-corrected chi connectivity index (χ3v) is 5.31. The van der Waals surface area contributed by atoms with Crippen molar-refractivity contribution in [3.05, 3.63) is 65.5 Å². The number of hydrogen-bond acceptors (Lipinski definition) is 3. The molecular formula is C23H29FN2O2S. The molecule has 0 fully saturated rings. The van der Waals surface area contributed by atoms with Gasteiger partial charge in [-0.15, -0.1) is 11.8 Å². The van der Waals surface area contributed by atoms with Gasteiger partial charge in [-0.05, 0) is 64.4 Å². The van der Waals surface area contributed by atoms with Crippen molar-refractivity contribution in [2.45, 2.75) is 57.6 Å². The lowest BCUT2D eigenvalue weighted by Gasteiger charge is -2.31. The molecular weight excluding hydrogens is 387 g/mol. The maximum atomic E-state index is 13.2. The highest BCUT2D eigenvalue weighted by atomic mass is 32.2. The number of carbonyl (C=O) groups excluding carboxylic acids is 2. The Kier molecular flexibility index (Phi) is 7.85. The Morgan fingerprint density at radius 1 is 1.07 bits per heavy atom. The Hall–Kier alpha value is -2.34. The summed E-state index contributed by atoms with van der Waals surface area (Å²) in [5.74, 6) is -0.470. The fourth-order valence-electron chi connectivity index (χ4n) is 2.71. The van der Waals surface area contributed by atoms with Gasteiger partial charge < -0.3 is 10.2 Å². The zero-order valence-electron chi connectivity index (χ0n) is 17.7. The molecule has 0 radical (unpaired) electrons. The SMILES string of the molecule is Cc1ccc(SCC(=O)N(Cc2ccc(F)cc2)C(C)C(=O)NC(C)(C)C)cc1. The summed E-state index contributed by atoms with van der Waals surface area (Å²) in [5, 5.41) is 2.93. The number of hydrogen-bond donors (Lipinski definition) is 1. The summed E-state index contributed by atoms with van der Waals surface area (Å²) in [6, 6.07) is 13.3. The number of aryl methyl sites for hydroxylation is 1. The van der Waals surface area contributed by atoms with E-state index >= 15 is 0 Å². The minimum absolute atomic E-state index is 0.142. The Morgan fingerprint density at radius 2 is 1.66 bits per heavy atom. The first-order valence-corrected chi connectivity index (χ1v) is 10.6. The molecule has 1 unspecified atom stereocenters. The standard InChI is InChI=1S/C23H29FN2O2S/c1-16-6-12-20(13-7-16)29-15-21(27)26(14-18-8-10-19(24)11-9-18)17(2)22(28)25-23(3,4)5/h6-13,17H,14-15H2,1-5H3,(H,25,28). The number of thioether (sulfide) groups is 1. The molecule has 2 rings (SSSR count). The smallest absolute Gasteiger partial charge is 0.242 e. The van der Waals surface area contributed by atoms with Crippen LogP contribution in [0, 0.1) is 12.7 Å². The van der Waals surface area contributed by atoms with Crippen LogP contribution in [0.2, 0.25) is 0 Å². The summed E-state index contributed by atoms with van der Waals surface area (Å²) >= 11 is 1.44. The molecule has 6 heteroatoms. The average Bonchev–Trinajstić information content (AvgIpc) is 2.65. The predicted molar refractivity (Wildman–Crippen MR) is 116 cm³/mol. The van der Waals surface area contributed by atoms with E-state index in [0.29, 0.717) is 0 Å². The second-order valence-corrected chi connectivity index (χ2v) is 9.21. The van der Waals surface area contributed by atoms with Crippen molar-refractivity contribution in [1.29, 1.82) is 0 Å². The Balaban J connectivity index is 2.15. The second-order valence-electron chi connectivity index (χ2n) is 8.17. The molecule has 0 saturated carbocycles. The van der Waals surface area contributed by atoms with Crippen LogP contribution in [0.25, 0.3) is 0 Å². The second kappa shape index (κ2) is 9.92. The summed E-state index contributed by atoms with van der Waals surface area (Å²) in [6.45, 7) is 9.68. The summed E-state index contributed by atoms with van der Waals surface area (Å²) in [7, 11) is 0. The van der Waals surface area contributed by atoms with Gasteiger partial charge in [0.1, 0.15) is 11.9 Å². The van der Waals surface area contributed by atoms with E-state index in [1.807, 2.05) is 52.0 Å². The molecule has 29 heavy (non-hydrogen) atoms. The number of nitrogens with zero attached hydrogens (tertiary/aromatic N) is 1. The molecule has 0 heterocycles. The first kappa shape index (κ1) is 22.9. The monoisotopic (exact) mass is 416 g/mol. The number of nitrogens with one attached hydrogen (secondary N) is 1. The summed E-state index contributed by atoms with van der Waals surface area (Å²) in [6.07, 6.45) is 0. The van der Waals surface area contributed by atoms with Crippen molar-refractivity contribution < 1.29 is 14.0 Å². The van der Waals surface area contributed by atoms with Crippen LogP contribution < -0.4 is 5.32 Å². The predicted octanol–water partition coefficient (Wildman–Crippen LogP) is 4.56. The van der Waals surface area contributed by atoms with Crippen LogP contribution in [0.4, 0.5) is 4.39 Å². The van der Waals surface area contributed by atoms with E-state index in [9.17, 15) is 14.0 Å². The molecule has 2 aromatic carbocycles. The quantitative estimate of drug-likeness (QED) is 0.673. The maximum Gasteiger partial charge on any atom is 0.242 e. The first-order chi connectivity index (χ1) is 13.5. The largest absolute Gasteiger partial charge is 0.350 e. The molecule has 0 spiro atoms. The summed E-state index contributed by atoms with van der Waals surface area (Å²) in [5.41, 5.74) is 1.54. The van der Waals surface area contributed by atoms with Crippen LogP contribution in [0.5, 0.6) is 0 Å². The minimum atomic E-state index is -0.648. The third kappa shape index (κ3) is 7.54. The van der Waals surface area contributed by atoms with E-state index in [0.717, 1.165) is 16.0 Å². The van der Waals surface area contributed by atoms with Gasteiger partial charge in [0, 0.05) is 17.0 Å². The molecule has 2 aromatic rings. The minimum Gasteiger partial charge on any atom is -0.350 e. The Labute approximate surface area is 176 Å². The van der Waals surface area contributed by atoms with Crippen LogP contribution >= 0.6 is 11.8 Å². The molecule has 4 nitrogen and oxygen atoms in total. The van der Waals surface area contributed by atoms with Crippen molar-refractivity contribution in [3.8, 4) is 0 Å². The van der Waals surface area contributed by atoms with Crippen LogP contribution in [0.15, 0.2) is 53.4 Å². The fourth-order valence-corrected chi connectivity index (χ4v) is 3.49. The number of carbonyl (C=O) groups is 2. The van der Waals surface area contributed by atoms with Crippen LogP contribution in [0.3, 0.4) is 0 Å². The number of benzene rings is 2. The number of rotatable bonds is 7. The van der Waals surface area contributed by atoms with Gasteiger partial charge in [0.15, 0.2) is 0 Å². The molecule has 1 atom stereocenters. The van der Waals surface area contributed by atoms with Crippen LogP contribution in [0.1, 0.15) is 38.8 Å². The van der Waals surface area contributed by atoms with Gasteiger partial charge in [-0.1, -0.05) is 29.8 Å². The van der Waals surface area contributed by atoms with Crippen molar-refractivity contribution in [2.75, 3.05) is 5.75 Å². The number of halogens is 1.